The molecule has 29 heavy (non-hydrogen) atoms. The van der Waals surface area contributed by atoms with E-state index in [0.29, 0.717) is 17.2 Å². The molecule has 2 fully saturated rings. The van der Waals surface area contributed by atoms with Gasteiger partial charge < -0.3 is 25.7 Å². The van der Waals surface area contributed by atoms with E-state index in [1.54, 1.807) is 4.90 Å². The van der Waals surface area contributed by atoms with Crippen molar-refractivity contribution in [2.45, 2.75) is 43.7 Å². The number of nitrogens with two attached hydrogens (primary N) is 1. The number of piperidine rings is 1. The summed E-state index contributed by atoms with van der Waals surface area (Å²) in [7, 11) is 0. The number of nitrogens with zero attached hydrogens (tertiary/aromatic N) is 2. The SMILES string of the molecule is N/C(=N\O)c1ccc2c(c1)Oc1ccccc1C2C1CC2CCC(C1)N2C(=O)O. The van der Waals surface area contributed by atoms with Crippen LogP contribution in [-0.2, 0) is 0 Å². The molecule has 0 aromatic heterocycles. The number of oxime groups is 1. The van der Waals surface area contributed by atoms with Crippen molar-refractivity contribution >= 4 is 11.9 Å². The maximum atomic E-state index is 11.7. The molecule has 4 N–H and O–H groups in total. The van der Waals surface area contributed by atoms with Crippen LogP contribution in [0.2, 0.25) is 0 Å². The number of amidine groups is 1. The fourth-order valence-electron chi connectivity index (χ4n) is 5.52. The van der Waals surface area contributed by atoms with Gasteiger partial charge in [0.2, 0.25) is 0 Å². The third kappa shape index (κ3) is 2.80. The maximum absolute atomic E-state index is 11.7. The van der Waals surface area contributed by atoms with Gasteiger partial charge in [-0.1, -0.05) is 35.5 Å². The van der Waals surface area contributed by atoms with E-state index < -0.39 is 6.09 Å². The summed E-state index contributed by atoms with van der Waals surface area (Å²) < 4.78 is 6.17. The summed E-state index contributed by atoms with van der Waals surface area (Å²) in [6.07, 6.45) is 2.78. The summed E-state index contributed by atoms with van der Waals surface area (Å²) in [6.45, 7) is 0. The second-order valence-electron chi connectivity index (χ2n) is 8.16. The second kappa shape index (κ2) is 6.69. The largest absolute Gasteiger partial charge is 0.465 e. The van der Waals surface area contributed by atoms with Gasteiger partial charge in [-0.2, -0.15) is 0 Å². The molecular weight excluding hydrogens is 370 g/mol. The molecule has 2 bridgehead atoms. The number of hydrogen-bond acceptors (Lipinski definition) is 4. The molecule has 2 aromatic carbocycles. The molecule has 3 heterocycles. The average molecular weight is 393 g/mol. The van der Waals surface area contributed by atoms with Crippen LogP contribution in [0.15, 0.2) is 47.6 Å². The monoisotopic (exact) mass is 393 g/mol. The lowest BCUT2D eigenvalue weighted by Gasteiger charge is -2.42. The third-order valence-corrected chi connectivity index (χ3v) is 6.69. The van der Waals surface area contributed by atoms with Gasteiger partial charge in [-0.05, 0) is 43.7 Å². The predicted molar refractivity (Wildman–Crippen MR) is 107 cm³/mol. The number of hydrogen-bond donors (Lipinski definition) is 3. The van der Waals surface area contributed by atoms with Gasteiger partial charge in [0, 0.05) is 34.7 Å². The summed E-state index contributed by atoms with van der Waals surface area (Å²) in [4.78, 5) is 13.4. The van der Waals surface area contributed by atoms with Crippen LogP contribution in [0.1, 0.15) is 48.3 Å². The Hall–Kier alpha value is -3.22. The molecule has 0 spiro atoms. The number of benzene rings is 2. The molecule has 3 aliphatic rings. The van der Waals surface area contributed by atoms with Crippen molar-refractivity contribution in [3.05, 3.63) is 59.2 Å². The molecule has 0 aliphatic carbocycles. The number of carbonyl (C=O) groups is 1. The van der Waals surface area contributed by atoms with Crippen LogP contribution in [0.5, 0.6) is 11.5 Å². The summed E-state index contributed by atoms with van der Waals surface area (Å²) in [5.41, 5.74) is 8.59. The zero-order chi connectivity index (χ0) is 20.1. The first-order valence-corrected chi connectivity index (χ1v) is 9.96. The van der Waals surface area contributed by atoms with Crippen LogP contribution in [-0.4, -0.2) is 39.2 Å². The van der Waals surface area contributed by atoms with E-state index in [2.05, 4.69) is 11.2 Å². The molecule has 0 saturated carbocycles. The van der Waals surface area contributed by atoms with E-state index in [-0.39, 0.29) is 23.8 Å². The predicted octanol–water partition coefficient (Wildman–Crippen LogP) is 3.94. The lowest BCUT2D eigenvalue weighted by Crippen LogP contribution is -2.47. The average Bonchev–Trinajstić information content (AvgIpc) is 3.01. The smallest absolute Gasteiger partial charge is 0.407 e. The fraction of sp³-hybridized carbons (Fsp3) is 0.364. The van der Waals surface area contributed by atoms with E-state index >= 15 is 0 Å². The van der Waals surface area contributed by atoms with Gasteiger partial charge in [0.25, 0.3) is 0 Å². The minimum Gasteiger partial charge on any atom is -0.465 e. The van der Waals surface area contributed by atoms with Crippen molar-refractivity contribution in [1.82, 2.24) is 4.90 Å². The van der Waals surface area contributed by atoms with E-state index in [1.807, 2.05) is 36.4 Å². The molecule has 150 valence electrons. The Bertz CT molecular complexity index is 991. The molecule has 3 unspecified atom stereocenters. The van der Waals surface area contributed by atoms with Crippen molar-refractivity contribution in [3.8, 4) is 11.5 Å². The Morgan fingerprint density at radius 1 is 1.07 bits per heavy atom. The topological polar surface area (TPSA) is 108 Å². The van der Waals surface area contributed by atoms with Crippen LogP contribution in [0.3, 0.4) is 0 Å². The molecule has 2 saturated heterocycles. The van der Waals surface area contributed by atoms with Crippen molar-refractivity contribution in [2.24, 2.45) is 16.8 Å². The fourth-order valence-corrected chi connectivity index (χ4v) is 5.52. The Balaban J connectivity index is 1.56. The van der Waals surface area contributed by atoms with Gasteiger partial charge >= 0.3 is 6.09 Å². The lowest BCUT2D eigenvalue weighted by molar-refractivity contribution is 0.0808. The molecule has 2 aromatic rings. The zero-order valence-corrected chi connectivity index (χ0v) is 15.9. The molecule has 1 amide bonds. The molecule has 5 rings (SSSR count). The summed E-state index contributed by atoms with van der Waals surface area (Å²) in [5.74, 6) is 2.04. The van der Waals surface area contributed by atoms with Crippen LogP contribution in [0.4, 0.5) is 4.79 Å². The summed E-state index contributed by atoms with van der Waals surface area (Å²) in [5, 5.41) is 21.7. The van der Waals surface area contributed by atoms with Gasteiger partial charge in [0.05, 0.1) is 0 Å². The van der Waals surface area contributed by atoms with Crippen LogP contribution < -0.4 is 10.5 Å². The van der Waals surface area contributed by atoms with Gasteiger partial charge in [0.15, 0.2) is 5.84 Å². The first-order valence-electron chi connectivity index (χ1n) is 9.96. The maximum Gasteiger partial charge on any atom is 0.407 e. The molecule has 7 heteroatoms. The standard InChI is InChI=1S/C22H23N3O4/c23-21(24-28)12-5-8-17-19(11-12)29-18-4-2-1-3-16(18)20(17)13-9-14-6-7-15(10-13)25(14)22(26)27/h1-5,8,11,13-15,20,28H,6-7,9-10H2,(H2,23,24)(H,26,27). The van der Waals surface area contributed by atoms with Gasteiger partial charge in [-0.15, -0.1) is 0 Å². The number of amides is 1. The molecule has 3 atom stereocenters. The van der Waals surface area contributed by atoms with E-state index in [4.69, 9.17) is 15.7 Å². The minimum atomic E-state index is -0.799. The first kappa shape index (κ1) is 17.8. The Morgan fingerprint density at radius 3 is 2.45 bits per heavy atom. The molecule has 0 radical (unpaired) electrons. The Kier molecular flexibility index (Phi) is 4.12. The number of fused-ring (bicyclic) bond motifs is 4. The second-order valence-corrected chi connectivity index (χ2v) is 8.16. The van der Waals surface area contributed by atoms with Gasteiger partial charge in [-0.3, -0.25) is 0 Å². The summed E-state index contributed by atoms with van der Waals surface area (Å²) >= 11 is 0. The lowest BCUT2D eigenvalue weighted by atomic mass is 9.72. The van der Waals surface area contributed by atoms with Crippen LogP contribution in [0.25, 0.3) is 0 Å². The summed E-state index contributed by atoms with van der Waals surface area (Å²) in [6, 6.07) is 13.9. The van der Waals surface area contributed by atoms with E-state index in [0.717, 1.165) is 42.6 Å². The van der Waals surface area contributed by atoms with Crippen molar-refractivity contribution in [3.63, 3.8) is 0 Å². The third-order valence-electron chi connectivity index (χ3n) is 6.69. The van der Waals surface area contributed by atoms with Crippen molar-refractivity contribution in [2.75, 3.05) is 0 Å². The normalized spacial score (nSPS) is 27.7. The minimum absolute atomic E-state index is 0.0413. The highest BCUT2D eigenvalue weighted by atomic mass is 16.5. The number of para-hydroxylation sites is 1. The number of carboxylic acid groups (broad SMARTS) is 1. The molecule has 3 aliphatic heterocycles. The van der Waals surface area contributed by atoms with Crippen molar-refractivity contribution < 1.29 is 19.8 Å². The van der Waals surface area contributed by atoms with E-state index in [9.17, 15) is 9.90 Å². The van der Waals surface area contributed by atoms with Gasteiger partial charge in [-0.25, -0.2) is 4.79 Å². The Morgan fingerprint density at radius 2 is 1.76 bits per heavy atom. The highest BCUT2D eigenvalue weighted by molar-refractivity contribution is 5.97. The molecule has 7 nitrogen and oxygen atoms in total. The molecular formula is C22H23N3O4. The van der Waals surface area contributed by atoms with Gasteiger partial charge in [0.1, 0.15) is 11.5 Å². The quantitative estimate of drug-likeness (QED) is 0.310. The number of rotatable bonds is 2. The highest BCUT2D eigenvalue weighted by Crippen LogP contribution is 2.53. The first-order chi connectivity index (χ1) is 14.1. The van der Waals surface area contributed by atoms with Crippen molar-refractivity contribution in [1.29, 1.82) is 0 Å². The highest BCUT2D eigenvalue weighted by Gasteiger charge is 2.47. The van der Waals surface area contributed by atoms with E-state index in [1.165, 1.54) is 0 Å². The number of ether oxygens (including phenoxy) is 1. The zero-order valence-electron chi connectivity index (χ0n) is 15.9. The van der Waals surface area contributed by atoms with Crippen LogP contribution >= 0.6 is 0 Å². The van der Waals surface area contributed by atoms with Crippen LogP contribution in [0, 0.1) is 5.92 Å². The Labute approximate surface area is 168 Å².